The Bertz CT molecular complexity index is 619. The van der Waals surface area contributed by atoms with Crippen molar-refractivity contribution in [2.75, 3.05) is 6.61 Å². The first-order chi connectivity index (χ1) is 9.15. The highest BCUT2D eigenvalue weighted by Crippen LogP contribution is 2.30. The molecule has 98 valence electrons. The average molecular weight is 253 g/mol. The van der Waals surface area contributed by atoms with Gasteiger partial charge < -0.3 is 10.5 Å². The van der Waals surface area contributed by atoms with Crippen LogP contribution in [0, 0.1) is 13.8 Å². The van der Waals surface area contributed by atoms with Crippen molar-refractivity contribution in [2.24, 2.45) is 5.73 Å². The van der Waals surface area contributed by atoms with E-state index < -0.39 is 0 Å². The fourth-order valence-corrected chi connectivity index (χ4v) is 2.55. The van der Waals surface area contributed by atoms with Gasteiger partial charge in [0.25, 0.3) is 0 Å². The highest BCUT2D eigenvalue weighted by molar-refractivity contribution is 5.44. The molecule has 19 heavy (non-hydrogen) atoms. The van der Waals surface area contributed by atoms with E-state index in [-0.39, 0.29) is 6.04 Å². The summed E-state index contributed by atoms with van der Waals surface area (Å²) < 4.78 is 5.53. The van der Waals surface area contributed by atoms with E-state index in [1.807, 2.05) is 6.07 Å². The van der Waals surface area contributed by atoms with Gasteiger partial charge in [-0.15, -0.1) is 0 Å². The molecule has 2 aromatic carbocycles. The number of benzene rings is 2. The molecule has 0 amide bonds. The van der Waals surface area contributed by atoms with Gasteiger partial charge in [-0.2, -0.15) is 0 Å². The lowest BCUT2D eigenvalue weighted by Crippen LogP contribution is -2.12. The van der Waals surface area contributed by atoms with E-state index in [2.05, 4.69) is 44.2 Å². The SMILES string of the molecule is Cc1ccc(C(N)c2ccc3c(c2)CCO3)cc1C. The maximum Gasteiger partial charge on any atom is 0.122 e. The van der Waals surface area contributed by atoms with E-state index in [4.69, 9.17) is 10.5 Å². The molecular weight excluding hydrogens is 234 g/mol. The molecule has 3 rings (SSSR count). The molecule has 0 spiro atoms. The van der Waals surface area contributed by atoms with Gasteiger partial charge in [0.05, 0.1) is 12.6 Å². The number of fused-ring (bicyclic) bond motifs is 1. The fourth-order valence-electron chi connectivity index (χ4n) is 2.55. The van der Waals surface area contributed by atoms with Crippen molar-refractivity contribution in [3.63, 3.8) is 0 Å². The first-order valence-corrected chi connectivity index (χ1v) is 6.73. The summed E-state index contributed by atoms with van der Waals surface area (Å²) in [6.45, 7) is 5.04. The molecule has 2 nitrogen and oxygen atoms in total. The van der Waals surface area contributed by atoms with Gasteiger partial charge in [0.15, 0.2) is 0 Å². The minimum absolute atomic E-state index is 0.0646. The van der Waals surface area contributed by atoms with Crippen LogP contribution in [0.15, 0.2) is 36.4 Å². The Morgan fingerprint density at radius 3 is 2.53 bits per heavy atom. The van der Waals surface area contributed by atoms with E-state index in [1.165, 1.54) is 22.3 Å². The van der Waals surface area contributed by atoms with E-state index in [1.54, 1.807) is 0 Å². The molecular formula is C17H19NO. The molecule has 2 N–H and O–H groups in total. The summed E-state index contributed by atoms with van der Waals surface area (Å²) in [5, 5.41) is 0. The zero-order valence-corrected chi connectivity index (χ0v) is 11.4. The van der Waals surface area contributed by atoms with E-state index in [0.717, 1.165) is 24.3 Å². The normalized spacial score (nSPS) is 14.9. The standard InChI is InChI=1S/C17H19NO/c1-11-3-4-14(9-12(11)2)17(18)15-5-6-16-13(10-15)7-8-19-16/h3-6,9-10,17H,7-8,18H2,1-2H3. The third kappa shape index (κ3) is 2.24. The lowest BCUT2D eigenvalue weighted by molar-refractivity contribution is 0.357. The van der Waals surface area contributed by atoms with Gasteiger partial charge in [0.2, 0.25) is 0 Å². The van der Waals surface area contributed by atoms with Gasteiger partial charge in [-0.3, -0.25) is 0 Å². The molecule has 2 heteroatoms. The van der Waals surface area contributed by atoms with Crippen LogP contribution in [0.5, 0.6) is 5.75 Å². The summed E-state index contributed by atoms with van der Waals surface area (Å²) in [4.78, 5) is 0. The summed E-state index contributed by atoms with van der Waals surface area (Å²) in [7, 11) is 0. The molecule has 1 aliphatic rings. The molecule has 1 heterocycles. The second kappa shape index (κ2) is 4.71. The van der Waals surface area contributed by atoms with Crippen LogP contribution < -0.4 is 10.5 Å². The smallest absolute Gasteiger partial charge is 0.122 e. The molecule has 0 fully saturated rings. The third-order valence-corrected chi connectivity index (χ3v) is 3.96. The van der Waals surface area contributed by atoms with Gasteiger partial charge >= 0.3 is 0 Å². The maximum atomic E-state index is 6.39. The zero-order valence-electron chi connectivity index (χ0n) is 11.4. The van der Waals surface area contributed by atoms with Gasteiger partial charge in [0, 0.05) is 6.42 Å². The summed E-state index contributed by atoms with van der Waals surface area (Å²) in [6, 6.07) is 12.7. The Morgan fingerprint density at radius 2 is 1.74 bits per heavy atom. The van der Waals surface area contributed by atoms with Crippen LogP contribution in [0.3, 0.4) is 0 Å². The maximum absolute atomic E-state index is 6.39. The largest absolute Gasteiger partial charge is 0.493 e. The highest BCUT2D eigenvalue weighted by Gasteiger charge is 2.16. The Kier molecular flexibility index (Phi) is 3.03. The number of nitrogens with two attached hydrogens (primary N) is 1. The van der Waals surface area contributed by atoms with Crippen molar-refractivity contribution < 1.29 is 4.74 Å². The minimum atomic E-state index is -0.0646. The predicted molar refractivity (Wildman–Crippen MR) is 77.6 cm³/mol. The van der Waals surface area contributed by atoms with E-state index >= 15 is 0 Å². The summed E-state index contributed by atoms with van der Waals surface area (Å²) in [5.41, 5.74) is 12.6. The number of ether oxygens (including phenoxy) is 1. The Morgan fingerprint density at radius 1 is 1.00 bits per heavy atom. The number of hydrogen-bond acceptors (Lipinski definition) is 2. The molecule has 2 aromatic rings. The topological polar surface area (TPSA) is 35.2 Å². The summed E-state index contributed by atoms with van der Waals surface area (Å²) >= 11 is 0. The lowest BCUT2D eigenvalue weighted by Gasteiger charge is -2.15. The first-order valence-electron chi connectivity index (χ1n) is 6.73. The molecule has 0 saturated heterocycles. The van der Waals surface area contributed by atoms with Crippen molar-refractivity contribution in [1.82, 2.24) is 0 Å². The molecule has 0 bridgehead atoms. The van der Waals surface area contributed by atoms with Crippen LogP contribution >= 0.6 is 0 Å². The molecule has 1 unspecified atom stereocenters. The molecule has 0 aliphatic carbocycles. The molecule has 0 radical (unpaired) electrons. The molecule has 1 aliphatic heterocycles. The van der Waals surface area contributed by atoms with Crippen LogP contribution in [-0.4, -0.2) is 6.61 Å². The van der Waals surface area contributed by atoms with Crippen LogP contribution in [0.4, 0.5) is 0 Å². The van der Waals surface area contributed by atoms with Gasteiger partial charge in [-0.25, -0.2) is 0 Å². The second-order valence-electron chi connectivity index (χ2n) is 5.29. The molecule has 0 saturated carbocycles. The minimum Gasteiger partial charge on any atom is -0.493 e. The first kappa shape index (κ1) is 12.2. The van der Waals surface area contributed by atoms with Crippen molar-refractivity contribution in [3.05, 3.63) is 64.2 Å². The average Bonchev–Trinajstić information content (AvgIpc) is 2.88. The van der Waals surface area contributed by atoms with E-state index in [0.29, 0.717) is 0 Å². The zero-order chi connectivity index (χ0) is 13.4. The number of aryl methyl sites for hydroxylation is 2. The van der Waals surface area contributed by atoms with Crippen LogP contribution in [0.2, 0.25) is 0 Å². The number of hydrogen-bond donors (Lipinski definition) is 1. The van der Waals surface area contributed by atoms with Crippen molar-refractivity contribution in [1.29, 1.82) is 0 Å². The fraction of sp³-hybridized carbons (Fsp3) is 0.294. The van der Waals surface area contributed by atoms with E-state index in [9.17, 15) is 0 Å². The van der Waals surface area contributed by atoms with Crippen molar-refractivity contribution >= 4 is 0 Å². The van der Waals surface area contributed by atoms with Crippen LogP contribution in [-0.2, 0) is 6.42 Å². The van der Waals surface area contributed by atoms with Gasteiger partial charge in [-0.1, -0.05) is 30.3 Å². The number of rotatable bonds is 2. The van der Waals surface area contributed by atoms with Gasteiger partial charge in [0.1, 0.15) is 5.75 Å². The highest BCUT2D eigenvalue weighted by atomic mass is 16.5. The molecule has 1 atom stereocenters. The molecule has 0 aromatic heterocycles. The summed E-state index contributed by atoms with van der Waals surface area (Å²) in [6.07, 6.45) is 0.989. The second-order valence-corrected chi connectivity index (χ2v) is 5.29. The predicted octanol–water partition coefficient (Wildman–Crippen LogP) is 3.29. The summed E-state index contributed by atoms with van der Waals surface area (Å²) in [5.74, 6) is 1.01. The Balaban J connectivity index is 1.94. The van der Waals surface area contributed by atoms with Crippen molar-refractivity contribution in [3.8, 4) is 5.75 Å². The van der Waals surface area contributed by atoms with Crippen LogP contribution in [0.25, 0.3) is 0 Å². The quantitative estimate of drug-likeness (QED) is 0.891. The van der Waals surface area contributed by atoms with Gasteiger partial charge in [-0.05, 0) is 47.7 Å². The lowest BCUT2D eigenvalue weighted by atomic mass is 9.95. The monoisotopic (exact) mass is 253 g/mol. The Labute approximate surface area is 114 Å². The Hall–Kier alpha value is -1.80. The van der Waals surface area contributed by atoms with Crippen LogP contribution in [0.1, 0.15) is 33.9 Å². The third-order valence-electron chi connectivity index (χ3n) is 3.96. The van der Waals surface area contributed by atoms with Crippen molar-refractivity contribution in [2.45, 2.75) is 26.3 Å².